The molecule has 0 radical (unpaired) electrons. The van der Waals surface area contributed by atoms with E-state index in [2.05, 4.69) is 30.3 Å². The van der Waals surface area contributed by atoms with Gasteiger partial charge in [-0.15, -0.1) is 0 Å². The fraction of sp³-hybridized carbons (Fsp3) is 0.462. The lowest BCUT2D eigenvalue weighted by molar-refractivity contribution is 0.536. The highest BCUT2D eigenvalue weighted by molar-refractivity contribution is 6.02. The van der Waals surface area contributed by atoms with Crippen molar-refractivity contribution < 1.29 is 0 Å². The number of benzene rings is 1. The fourth-order valence-corrected chi connectivity index (χ4v) is 2.75. The van der Waals surface area contributed by atoms with Crippen molar-refractivity contribution in [2.24, 2.45) is 10.9 Å². The molecule has 0 bridgehead atoms. The molecule has 1 nitrogen and oxygen atoms in total. The zero-order valence-electron chi connectivity index (χ0n) is 8.32. The van der Waals surface area contributed by atoms with E-state index in [0.29, 0.717) is 6.04 Å². The van der Waals surface area contributed by atoms with Crippen molar-refractivity contribution in [2.75, 3.05) is 0 Å². The third kappa shape index (κ3) is 1.28. The highest BCUT2D eigenvalue weighted by Crippen LogP contribution is 2.37. The summed E-state index contributed by atoms with van der Waals surface area (Å²) in [4.78, 5) is 4.84. The number of hydrogen-bond acceptors (Lipinski definition) is 1. The summed E-state index contributed by atoms with van der Waals surface area (Å²) in [6.07, 6.45) is 5.32. The normalized spacial score (nSPS) is 30.1. The first kappa shape index (κ1) is 8.22. The largest absolute Gasteiger partial charge is 0.286 e. The van der Waals surface area contributed by atoms with Crippen LogP contribution in [0.1, 0.15) is 31.2 Å². The molecule has 0 unspecified atom stereocenters. The smallest absolute Gasteiger partial charge is 0.0535 e. The number of hydrogen-bond donors (Lipinski definition) is 0. The first-order valence-corrected chi connectivity index (χ1v) is 5.55. The Morgan fingerprint density at radius 2 is 1.93 bits per heavy atom. The van der Waals surface area contributed by atoms with E-state index >= 15 is 0 Å². The van der Waals surface area contributed by atoms with E-state index in [1.54, 1.807) is 0 Å². The molecule has 0 amide bonds. The molecule has 0 spiro atoms. The maximum atomic E-state index is 4.84. The van der Waals surface area contributed by atoms with Gasteiger partial charge in [0.2, 0.25) is 0 Å². The molecule has 0 saturated heterocycles. The van der Waals surface area contributed by atoms with Crippen LogP contribution < -0.4 is 0 Å². The second kappa shape index (κ2) is 3.23. The Morgan fingerprint density at radius 1 is 1.07 bits per heavy atom. The van der Waals surface area contributed by atoms with E-state index in [1.807, 2.05) is 0 Å². The predicted molar refractivity (Wildman–Crippen MR) is 58.7 cm³/mol. The summed E-state index contributed by atoms with van der Waals surface area (Å²) < 4.78 is 0. The molecule has 1 heteroatoms. The van der Waals surface area contributed by atoms with Gasteiger partial charge in [-0.25, -0.2) is 0 Å². The molecule has 3 rings (SSSR count). The van der Waals surface area contributed by atoms with Crippen LogP contribution in [0.2, 0.25) is 0 Å². The van der Waals surface area contributed by atoms with Crippen molar-refractivity contribution in [1.29, 1.82) is 0 Å². The second-order valence-electron chi connectivity index (χ2n) is 4.40. The maximum absolute atomic E-state index is 4.84. The van der Waals surface area contributed by atoms with Crippen molar-refractivity contribution in [3.63, 3.8) is 0 Å². The number of fused-ring (bicyclic) bond motifs is 1. The summed E-state index contributed by atoms with van der Waals surface area (Å²) in [5.74, 6) is 0.866. The van der Waals surface area contributed by atoms with Gasteiger partial charge >= 0.3 is 0 Å². The van der Waals surface area contributed by atoms with E-state index in [0.717, 1.165) is 5.92 Å². The van der Waals surface area contributed by atoms with Crippen molar-refractivity contribution in [2.45, 2.75) is 31.7 Å². The summed E-state index contributed by atoms with van der Waals surface area (Å²) in [5.41, 5.74) is 2.68. The maximum Gasteiger partial charge on any atom is 0.0535 e. The topological polar surface area (TPSA) is 12.4 Å². The van der Waals surface area contributed by atoms with E-state index in [-0.39, 0.29) is 0 Å². The SMILES string of the molecule is c1ccc(C2=N[C@@H]3CCC[C@@H]3C2)cc1. The quantitative estimate of drug-likeness (QED) is 0.637. The van der Waals surface area contributed by atoms with E-state index < -0.39 is 0 Å². The standard InChI is InChI=1S/C13H15N/c1-2-5-10(6-3-1)13-9-11-7-4-8-12(11)14-13/h1-3,5-6,11-12H,4,7-9H2/t11-,12-/m1/s1. The zero-order chi connectivity index (χ0) is 9.38. The second-order valence-corrected chi connectivity index (χ2v) is 4.40. The van der Waals surface area contributed by atoms with Crippen LogP contribution in [0.15, 0.2) is 35.3 Å². The Balaban J connectivity index is 1.88. The lowest BCUT2D eigenvalue weighted by Gasteiger charge is -2.04. The molecule has 0 N–H and O–H groups in total. The van der Waals surface area contributed by atoms with Gasteiger partial charge in [-0.1, -0.05) is 36.8 Å². The molecule has 1 aliphatic carbocycles. The van der Waals surface area contributed by atoms with Gasteiger partial charge in [0.1, 0.15) is 0 Å². The minimum atomic E-state index is 0.658. The first-order chi connectivity index (χ1) is 6.93. The van der Waals surface area contributed by atoms with Crippen LogP contribution in [0.5, 0.6) is 0 Å². The predicted octanol–water partition coefficient (Wildman–Crippen LogP) is 3.05. The van der Waals surface area contributed by atoms with Gasteiger partial charge in [0, 0.05) is 5.71 Å². The summed E-state index contributed by atoms with van der Waals surface area (Å²) in [7, 11) is 0. The minimum absolute atomic E-state index is 0.658. The Hall–Kier alpha value is -1.11. The number of rotatable bonds is 1. The van der Waals surface area contributed by atoms with Gasteiger partial charge < -0.3 is 0 Å². The van der Waals surface area contributed by atoms with Gasteiger partial charge in [-0.2, -0.15) is 0 Å². The molecule has 14 heavy (non-hydrogen) atoms. The van der Waals surface area contributed by atoms with Gasteiger partial charge in [-0.05, 0) is 30.7 Å². The Kier molecular flexibility index (Phi) is 1.90. The number of aliphatic imine (C=N–C) groups is 1. The van der Waals surface area contributed by atoms with Crippen LogP contribution in [0, 0.1) is 5.92 Å². The number of nitrogens with zero attached hydrogens (tertiary/aromatic N) is 1. The van der Waals surface area contributed by atoms with Crippen molar-refractivity contribution in [3.05, 3.63) is 35.9 Å². The summed E-state index contributed by atoms with van der Waals surface area (Å²) in [6.45, 7) is 0. The molecular weight excluding hydrogens is 170 g/mol. The van der Waals surface area contributed by atoms with Crippen LogP contribution in [-0.4, -0.2) is 11.8 Å². The Bertz CT molecular complexity index is 353. The van der Waals surface area contributed by atoms with Crippen molar-refractivity contribution >= 4 is 5.71 Å². The van der Waals surface area contributed by atoms with Crippen LogP contribution in [0.3, 0.4) is 0 Å². The zero-order valence-corrected chi connectivity index (χ0v) is 8.32. The summed E-state index contributed by atoms with van der Waals surface area (Å²) in [6, 6.07) is 11.3. The van der Waals surface area contributed by atoms with Crippen LogP contribution >= 0.6 is 0 Å². The molecular formula is C13H15N. The molecule has 1 heterocycles. The molecule has 1 aromatic carbocycles. The molecule has 72 valence electrons. The average molecular weight is 185 g/mol. The molecule has 1 aliphatic heterocycles. The van der Waals surface area contributed by atoms with Crippen LogP contribution in [-0.2, 0) is 0 Å². The first-order valence-electron chi connectivity index (χ1n) is 5.55. The molecule has 1 fully saturated rings. The van der Waals surface area contributed by atoms with Gasteiger partial charge in [-0.3, -0.25) is 4.99 Å². The van der Waals surface area contributed by atoms with Crippen LogP contribution in [0.25, 0.3) is 0 Å². The van der Waals surface area contributed by atoms with Crippen LogP contribution in [0.4, 0.5) is 0 Å². The fourth-order valence-electron chi connectivity index (χ4n) is 2.75. The third-order valence-corrected chi connectivity index (χ3v) is 3.50. The molecule has 2 aliphatic rings. The molecule has 2 atom stereocenters. The molecule has 0 aromatic heterocycles. The average Bonchev–Trinajstić information content (AvgIpc) is 2.78. The van der Waals surface area contributed by atoms with Gasteiger partial charge in [0.15, 0.2) is 0 Å². The minimum Gasteiger partial charge on any atom is -0.286 e. The Morgan fingerprint density at radius 3 is 2.71 bits per heavy atom. The highest BCUT2D eigenvalue weighted by atomic mass is 14.9. The van der Waals surface area contributed by atoms with Gasteiger partial charge in [0.05, 0.1) is 6.04 Å². The highest BCUT2D eigenvalue weighted by Gasteiger charge is 2.33. The lowest BCUT2D eigenvalue weighted by Crippen LogP contribution is -2.04. The molecule has 1 saturated carbocycles. The van der Waals surface area contributed by atoms with E-state index in [1.165, 1.54) is 37.0 Å². The summed E-state index contributed by atoms with van der Waals surface area (Å²) >= 11 is 0. The monoisotopic (exact) mass is 185 g/mol. The summed E-state index contributed by atoms with van der Waals surface area (Å²) in [5, 5.41) is 0. The van der Waals surface area contributed by atoms with E-state index in [9.17, 15) is 0 Å². The molecule has 1 aromatic rings. The van der Waals surface area contributed by atoms with Crippen molar-refractivity contribution in [1.82, 2.24) is 0 Å². The van der Waals surface area contributed by atoms with Gasteiger partial charge in [0.25, 0.3) is 0 Å². The third-order valence-electron chi connectivity index (χ3n) is 3.50. The van der Waals surface area contributed by atoms with E-state index in [4.69, 9.17) is 4.99 Å². The lowest BCUT2D eigenvalue weighted by atomic mass is 9.98. The Labute approximate surface area is 84.9 Å². The van der Waals surface area contributed by atoms with Crippen molar-refractivity contribution in [3.8, 4) is 0 Å².